The van der Waals surface area contributed by atoms with E-state index in [-0.39, 0.29) is 6.03 Å². The van der Waals surface area contributed by atoms with Crippen molar-refractivity contribution in [1.82, 2.24) is 25.3 Å². The number of halogens is 1. The zero-order valence-electron chi connectivity index (χ0n) is 20.0. The molecule has 0 unspecified atom stereocenters. The van der Waals surface area contributed by atoms with Gasteiger partial charge < -0.3 is 24.8 Å². The number of amides is 2. The topological polar surface area (TPSA) is 112 Å². The van der Waals surface area contributed by atoms with Gasteiger partial charge >= 0.3 is 6.03 Å². The van der Waals surface area contributed by atoms with Crippen LogP contribution in [-0.4, -0.2) is 46.3 Å². The van der Waals surface area contributed by atoms with Gasteiger partial charge in [0.1, 0.15) is 17.2 Å². The molecule has 2 aromatic heterocycles. The lowest BCUT2D eigenvalue weighted by atomic mass is 10.2. The number of benzene rings is 2. The van der Waals surface area contributed by atoms with E-state index in [0.29, 0.717) is 64.4 Å². The van der Waals surface area contributed by atoms with Crippen LogP contribution in [0.4, 0.5) is 10.5 Å². The van der Waals surface area contributed by atoms with Gasteiger partial charge in [-0.2, -0.15) is 0 Å². The van der Waals surface area contributed by atoms with E-state index in [0.717, 1.165) is 12.8 Å². The Kier molecular flexibility index (Phi) is 8.40. The number of nitrogens with one attached hydrogen (secondary N) is 2. The molecule has 2 N–H and O–H groups in total. The van der Waals surface area contributed by atoms with Crippen molar-refractivity contribution in [3.63, 3.8) is 0 Å². The molecule has 2 aromatic carbocycles. The summed E-state index contributed by atoms with van der Waals surface area (Å²) >= 11 is 6.41. The molecule has 0 atom stereocenters. The maximum Gasteiger partial charge on any atom is 0.319 e. The molecule has 0 bridgehead atoms. The van der Waals surface area contributed by atoms with Gasteiger partial charge in [0.2, 0.25) is 5.88 Å². The number of urea groups is 1. The van der Waals surface area contributed by atoms with Gasteiger partial charge in [-0.05, 0) is 30.7 Å². The smallest absolute Gasteiger partial charge is 0.319 e. The number of pyridine rings is 1. The van der Waals surface area contributed by atoms with Crippen LogP contribution in [0.5, 0.6) is 23.1 Å². The van der Waals surface area contributed by atoms with Gasteiger partial charge in [-0.15, -0.1) is 5.10 Å². The minimum Gasteiger partial charge on any atom is -0.496 e. The summed E-state index contributed by atoms with van der Waals surface area (Å²) in [6, 6.07) is 12.0. The minimum atomic E-state index is -0.317. The Balaban J connectivity index is 1.54. The first-order chi connectivity index (χ1) is 17.6. The Bertz CT molecular complexity index is 1320. The first-order valence-electron chi connectivity index (χ1n) is 11.5. The number of methoxy groups -OCH3 is 1. The Morgan fingerprint density at radius 1 is 1.17 bits per heavy atom. The molecule has 2 heterocycles. The molecular formula is C25H27ClN6O4. The third-order valence-corrected chi connectivity index (χ3v) is 5.47. The number of fused-ring (bicyclic) bond motifs is 1. The van der Waals surface area contributed by atoms with Crippen LogP contribution in [0.3, 0.4) is 0 Å². The predicted molar refractivity (Wildman–Crippen MR) is 137 cm³/mol. The van der Waals surface area contributed by atoms with Crippen molar-refractivity contribution in [2.45, 2.75) is 26.3 Å². The van der Waals surface area contributed by atoms with E-state index >= 15 is 0 Å². The van der Waals surface area contributed by atoms with Crippen LogP contribution in [0.25, 0.3) is 10.9 Å². The molecule has 0 saturated carbocycles. The van der Waals surface area contributed by atoms with Gasteiger partial charge in [-0.3, -0.25) is 4.68 Å². The predicted octanol–water partition coefficient (Wildman–Crippen LogP) is 5.28. The first-order valence-corrected chi connectivity index (χ1v) is 11.9. The van der Waals surface area contributed by atoms with Gasteiger partial charge in [-0.25, -0.2) is 9.78 Å². The van der Waals surface area contributed by atoms with Crippen molar-refractivity contribution in [1.29, 1.82) is 0 Å². The average Bonchev–Trinajstić information content (AvgIpc) is 3.40. The Labute approximate surface area is 213 Å². The number of rotatable bonds is 11. The second-order valence-corrected chi connectivity index (χ2v) is 8.21. The molecule has 0 radical (unpaired) electrons. The quantitative estimate of drug-likeness (QED) is 0.264. The van der Waals surface area contributed by atoms with Crippen LogP contribution < -0.4 is 24.8 Å². The maximum absolute atomic E-state index is 12.0. The number of carbonyl (C=O) groups excluding carboxylic acids is 1. The highest BCUT2D eigenvalue weighted by Crippen LogP contribution is 2.39. The van der Waals surface area contributed by atoms with Crippen molar-refractivity contribution in [2.75, 3.05) is 25.6 Å². The minimum absolute atomic E-state index is 0.317. The Hall–Kier alpha value is -4.05. The Morgan fingerprint density at radius 2 is 2.06 bits per heavy atom. The first kappa shape index (κ1) is 25.1. The maximum atomic E-state index is 12.0. The number of nitrogens with zero attached hydrogens (tertiary/aromatic N) is 4. The molecule has 10 nitrogen and oxygen atoms in total. The molecule has 2 amide bonds. The molecule has 4 rings (SSSR count). The van der Waals surface area contributed by atoms with Gasteiger partial charge in [-0.1, -0.05) is 29.8 Å². The van der Waals surface area contributed by atoms with Crippen LogP contribution in [0.15, 0.2) is 54.9 Å². The van der Waals surface area contributed by atoms with Crippen molar-refractivity contribution >= 4 is 34.2 Å². The molecule has 36 heavy (non-hydrogen) atoms. The lowest BCUT2D eigenvalue weighted by Gasteiger charge is -2.15. The van der Waals surface area contributed by atoms with E-state index in [1.54, 1.807) is 48.5 Å². The van der Waals surface area contributed by atoms with E-state index in [4.69, 9.17) is 25.8 Å². The van der Waals surface area contributed by atoms with Gasteiger partial charge in [0.15, 0.2) is 0 Å². The highest BCUT2D eigenvalue weighted by atomic mass is 35.5. The number of hydrogen-bond donors (Lipinski definition) is 2. The van der Waals surface area contributed by atoms with Gasteiger partial charge in [0.25, 0.3) is 0 Å². The van der Waals surface area contributed by atoms with E-state index in [1.807, 2.05) is 25.1 Å². The van der Waals surface area contributed by atoms with E-state index in [1.165, 1.54) is 0 Å². The fraction of sp³-hybridized carbons (Fsp3) is 0.280. The SMILES string of the molecule is CCCNC(=O)Nc1ccc(Oc2cc(OCCCn3ccnn3)nc3cccc(OC)c23)cc1Cl. The highest BCUT2D eigenvalue weighted by Gasteiger charge is 2.15. The number of hydrogen-bond acceptors (Lipinski definition) is 7. The van der Waals surface area contributed by atoms with Crippen LogP contribution >= 0.6 is 11.6 Å². The fourth-order valence-electron chi connectivity index (χ4n) is 3.47. The van der Waals surface area contributed by atoms with E-state index in [2.05, 4.69) is 25.9 Å². The molecule has 0 saturated heterocycles. The van der Waals surface area contributed by atoms with Crippen molar-refractivity contribution in [3.8, 4) is 23.1 Å². The third-order valence-electron chi connectivity index (χ3n) is 5.16. The van der Waals surface area contributed by atoms with Crippen molar-refractivity contribution in [3.05, 3.63) is 59.9 Å². The second-order valence-electron chi connectivity index (χ2n) is 7.81. The molecular weight excluding hydrogens is 484 g/mol. The molecule has 4 aromatic rings. The van der Waals surface area contributed by atoms with Crippen LogP contribution in [0.1, 0.15) is 19.8 Å². The standard InChI is InChI=1S/C25H27ClN6O4/c1-3-10-27-25(33)30-19-9-8-17(15-18(19)26)36-22-16-23(35-14-5-12-32-13-11-28-31-32)29-20-6-4-7-21(34-2)24(20)22/h4,6-9,11,13,15-16H,3,5,10,12,14H2,1-2H3,(H2,27,30,33). The monoisotopic (exact) mass is 510 g/mol. The van der Waals surface area contributed by atoms with Crippen molar-refractivity contribution < 1.29 is 19.0 Å². The van der Waals surface area contributed by atoms with Gasteiger partial charge in [0.05, 0.1) is 41.5 Å². The highest BCUT2D eigenvalue weighted by molar-refractivity contribution is 6.33. The van der Waals surface area contributed by atoms with Crippen LogP contribution in [0.2, 0.25) is 5.02 Å². The molecule has 0 aliphatic heterocycles. The van der Waals surface area contributed by atoms with Gasteiger partial charge in [0, 0.05) is 37.8 Å². The summed E-state index contributed by atoms with van der Waals surface area (Å²) < 4.78 is 19.4. The number of aryl methyl sites for hydroxylation is 1. The Morgan fingerprint density at radius 3 is 2.81 bits per heavy atom. The summed E-state index contributed by atoms with van der Waals surface area (Å²) in [6.07, 6.45) is 5.01. The lowest BCUT2D eigenvalue weighted by Crippen LogP contribution is -2.29. The number of carbonyl (C=O) groups is 1. The molecule has 11 heteroatoms. The zero-order chi connectivity index (χ0) is 25.3. The third kappa shape index (κ3) is 6.33. The summed E-state index contributed by atoms with van der Waals surface area (Å²) in [7, 11) is 1.59. The van der Waals surface area contributed by atoms with E-state index in [9.17, 15) is 4.79 Å². The van der Waals surface area contributed by atoms with Crippen LogP contribution in [0, 0.1) is 0 Å². The largest absolute Gasteiger partial charge is 0.496 e. The average molecular weight is 511 g/mol. The molecule has 0 aliphatic rings. The summed E-state index contributed by atoms with van der Waals surface area (Å²) in [4.78, 5) is 16.6. The molecule has 0 fully saturated rings. The van der Waals surface area contributed by atoms with Crippen LogP contribution in [-0.2, 0) is 6.54 Å². The summed E-state index contributed by atoms with van der Waals surface area (Å²) in [5.41, 5.74) is 1.14. The summed E-state index contributed by atoms with van der Waals surface area (Å²) in [6.45, 7) is 3.67. The number of anilines is 1. The number of aromatic nitrogens is 4. The summed E-state index contributed by atoms with van der Waals surface area (Å²) in [5, 5.41) is 14.3. The normalized spacial score (nSPS) is 10.8. The summed E-state index contributed by atoms with van der Waals surface area (Å²) in [5.74, 6) is 2.02. The zero-order valence-corrected chi connectivity index (χ0v) is 20.8. The molecule has 0 spiro atoms. The van der Waals surface area contributed by atoms with E-state index < -0.39 is 0 Å². The number of ether oxygens (including phenoxy) is 3. The molecule has 0 aliphatic carbocycles. The van der Waals surface area contributed by atoms with Crippen molar-refractivity contribution in [2.24, 2.45) is 0 Å². The lowest BCUT2D eigenvalue weighted by molar-refractivity contribution is 0.252. The fourth-order valence-corrected chi connectivity index (χ4v) is 3.69. The second kappa shape index (κ2) is 12.1. The molecule has 188 valence electrons.